The van der Waals surface area contributed by atoms with E-state index in [1.807, 2.05) is 60.7 Å². The molecular formula is C27H24BrNO3. The lowest BCUT2D eigenvalue weighted by Gasteiger charge is -2.17. The summed E-state index contributed by atoms with van der Waals surface area (Å²) < 4.78 is 14.7. The van der Waals surface area contributed by atoms with Gasteiger partial charge in [0, 0.05) is 27.0 Å². The van der Waals surface area contributed by atoms with Gasteiger partial charge in [-0.3, -0.25) is 0 Å². The van der Waals surface area contributed by atoms with Gasteiger partial charge < -0.3 is 19.1 Å². The minimum Gasteiger partial charge on any atom is -0.508 e. The molecular weight excluding hydrogens is 466 g/mol. The fourth-order valence-corrected chi connectivity index (χ4v) is 4.03. The summed E-state index contributed by atoms with van der Waals surface area (Å²) in [6, 6.07) is 25.7. The van der Waals surface area contributed by atoms with Gasteiger partial charge in [-0.05, 0) is 67.1 Å². The Kier molecular flexibility index (Phi) is 6.37. The summed E-state index contributed by atoms with van der Waals surface area (Å²) in [6.07, 6.45) is 0. The quantitative estimate of drug-likeness (QED) is 0.276. The summed E-state index contributed by atoms with van der Waals surface area (Å²) in [6.45, 7) is 6.13. The molecule has 1 heterocycles. The van der Waals surface area contributed by atoms with Crippen molar-refractivity contribution in [3.8, 4) is 28.4 Å². The molecule has 0 aliphatic carbocycles. The Balaban J connectivity index is 1.74. The van der Waals surface area contributed by atoms with Crippen LogP contribution in [0.25, 0.3) is 22.7 Å². The predicted molar refractivity (Wildman–Crippen MR) is 133 cm³/mol. The number of ether oxygens (including phenoxy) is 2. The van der Waals surface area contributed by atoms with Gasteiger partial charge in [0.1, 0.15) is 23.9 Å². The number of aliphatic hydroxyl groups is 1. The molecule has 1 aromatic heterocycles. The summed E-state index contributed by atoms with van der Waals surface area (Å²) in [7, 11) is 1.66. The van der Waals surface area contributed by atoms with Crippen molar-refractivity contribution in [2.45, 2.75) is 13.5 Å². The Labute approximate surface area is 196 Å². The Hall–Kier alpha value is -3.44. The maximum atomic E-state index is 9.86. The van der Waals surface area contributed by atoms with E-state index in [9.17, 15) is 5.11 Å². The van der Waals surface area contributed by atoms with Gasteiger partial charge in [-0.1, -0.05) is 46.8 Å². The molecule has 4 aromatic rings. The van der Waals surface area contributed by atoms with Gasteiger partial charge in [0.25, 0.3) is 0 Å². The standard InChI is InChI=1S/C27H24BrNO3/c1-18-10-12-26(29(18)23-8-5-7-21(15-23)19(2)30)25-16-22(28)11-13-27(25)32-17-20-6-4-9-24(14-20)31-3/h4-16,30H,2,17H2,1,3H3. The first kappa shape index (κ1) is 21.8. The average Bonchev–Trinajstić information content (AvgIpc) is 3.19. The van der Waals surface area contributed by atoms with Crippen LogP contribution in [-0.4, -0.2) is 16.8 Å². The molecule has 0 spiro atoms. The molecule has 0 saturated carbocycles. The number of aromatic nitrogens is 1. The maximum absolute atomic E-state index is 9.86. The van der Waals surface area contributed by atoms with Gasteiger partial charge in [0.05, 0.1) is 12.8 Å². The Morgan fingerprint density at radius 2 is 1.81 bits per heavy atom. The van der Waals surface area contributed by atoms with Crippen LogP contribution in [-0.2, 0) is 6.61 Å². The van der Waals surface area contributed by atoms with Crippen molar-refractivity contribution in [3.05, 3.63) is 107 Å². The van der Waals surface area contributed by atoms with Gasteiger partial charge >= 0.3 is 0 Å². The van der Waals surface area contributed by atoms with Crippen molar-refractivity contribution in [2.75, 3.05) is 7.11 Å². The van der Waals surface area contributed by atoms with Crippen LogP contribution in [0.3, 0.4) is 0 Å². The summed E-state index contributed by atoms with van der Waals surface area (Å²) in [4.78, 5) is 0. The van der Waals surface area contributed by atoms with Crippen molar-refractivity contribution in [3.63, 3.8) is 0 Å². The number of halogens is 1. The highest BCUT2D eigenvalue weighted by atomic mass is 79.9. The van der Waals surface area contributed by atoms with Crippen LogP contribution in [0.15, 0.2) is 89.9 Å². The van der Waals surface area contributed by atoms with Crippen LogP contribution >= 0.6 is 15.9 Å². The molecule has 0 saturated heterocycles. The van der Waals surface area contributed by atoms with E-state index >= 15 is 0 Å². The fourth-order valence-electron chi connectivity index (χ4n) is 3.67. The number of rotatable bonds is 7. The van der Waals surface area contributed by atoms with Crippen LogP contribution in [0.4, 0.5) is 0 Å². The Bertz CT molecular complexity index is 1280. The summed E-state index contributed by atoms with van der Waals surface area (Å²) in [5.74, 6) is 1.62. The molecule has 4 rings (SSSR count). The third kappa shape index (κ3) is 4.58. The molecule has 3 aromatic carbocycles. The first-order valence-electron chi connectivity index (χ1n) is 10.2. The monoisotopic (exact) mass is 489 g/mol. The SMILES string of the molecule is C=C(O)c1cccc(-n2c(C)ccc2-c2cc(Br)ccc2OCc2cccc(OC)c2)c1. The van der Waals surface area contributed by atoms with E-state index in [0.717, 1.165) is 44.2 Å². The minimum absolute atomic E-state index is 0.0444. The third-order valence-corrected chi connectivity index (χ3v) is 5.75. The predicted octanol–water partition coefficient (Wildman–Crippen LogP) is 7.33. The number of hydrogen-bond donors (Lipinski definition) is 1. The number of aliphatic hydroxyl groups excluding tert-OH is 1. The molecule has 0 aliphatic rings. The lowest BCUT2D eigenvalue weighted by Crippen LogP contribution is -2.02. The molecule has 1 N–H and O–H groups in total. The Morgan fingerprint density at radius 1 is 1.00 bits per heavy atom. The summed E-state index contributed by atoms with van der Waals surface area (Å²) >= 11 is 3.60. The first-order valence-corrected chi connectivity index (χ1v) is 11.0. The summed E-state index contributed by atoms with van der Waals surface area (Å²) in [5, 5.41) is 9.86. The second kappa shape index (κ2) is 9.37. The number of hydrogen-bond acceptors (Lipinski definition) is 3. The van der Waals surface area contributed by atoms with E-state index < -0.39 is 0 Å². The van der Waals surface area contributed by atoms with Crippen LogP contribution in [0.1, 0.15) is 16.8 Å². The van der Waals surface area contributed by atoms with E-state index in [2.05, 4.69) is 52.2 Å². The van der Waals surface area contributed by atoms with Gasteiger partial charge in [-0.25, -0.2) is 0 Å². The van der Waals surface area contributed by atoms with Gasteiger partial charge in [-0.2, -0.15) is 0 Å². The zero-order valence-electron chi connectivity index (χ0n) is 18.0. The normalized spacial score (nSPS) is 10.7. The van der Waals surface area contributed by atoms with Crippen LogP contribution < -0.4 is 9.47 Å². The Morgan fingerprint density at radius 3 is 2.59 bits per heavy atom. The van der Waals surface area contributed by atoms with Crippen molar-refractivity contribution in [1.82, 2.24) is 4.57 Å². The molecule has 162 valence electrons. The van der Waals surface area contributed by atoms with E-state index in [0.29, 0.717) is 12.2 Å². The zero-order chi connectivity index (χ0) is 22.7. The van der Waals surface area contributed by atoms with Crippen LogP contribution in [0.5, 0.6) is 11.5 Å². The maximum Gasteiger partial charge on any atom is 0.129 e. The highest BCUT2D eigenvalue weighted by molar-refractivity contribution is 9.10. The number of methoxy groups -OCH3 is 1. The van der Waals surface area contributed by atoms with Crippen molar-refractivity contribution in [2.24, 2.45) is 0 Å². The molecule has 0 amide bonds. The van der Waals surface area contributed by atoms with Crippen molar-refractivity contribution >= 4 is 21.7 Å². The molecule has 0 radical (unpaired) electrons. The minimum atomic E-state index is 0.0444. The second-order valence-electron chi connectivity index (χ2n) is 7.47. The average molecular weight is 490 g/mol. The van der Waals surface area contributed by atoms with E-state index in [1.54, 1.807) is 7.11 Å². The topological polar surface area (TPSA) is 43.6 Å². The molecule has 0 atom stereocenters. The highest BCUT2D eigenvalue weighted by Gasteiger charge is 2.15. The molecule has 0 aliphatic heterocycles. The lowest BCUT2D eigenvalue weighted by atomic mass is 10.1. The van der Waals surface area contributed by atoms with Crippen molar-refractivity contribution < 1.29 is 14.6 Å². The smallest absolute Gasteiger partial charge is 0.129 e. The van der Waals surface area contributed by atoms with E-state index in [4.69, 9.17) is 9.47 Å². The molecule has 4 nitrogen and oxygen atoms in total. The lowest BCUT2D eigenvalue weighted by molar-refractivity contribution is 0.306. The second-order valence-corrected chi connectivity index (χ2v) is 8.39. The highest BCUT2D eigenvalue weighted by Crippen LogP contribution is 2.36. The number of benzene rings is 3. The summed E-state index contributed by atoms with van der Waals surface area (Å²) in [5.41, 5.74) is 5.67. The fraction of sp³-hybridized carbons (Fsp3) is 0.111. The number of aryl methyl sites for hydroxylation is 1. The zero-order valence-corrected chi connectivity index (χ0v) is 19.6. The van der Waals surface area contributed by atoms with E-state index in [-0.39, 0.29) is 5.76 Å². The van der Waals surface area contributed by atoms with Crippen molar-refractivity contribution in [1.29, 1.82) is 0 Å². The molecule has 0 unspecified atom stereocenters. The van der Waals surface area contributed by atoms with Gasteiger partial charge in [0.15, 0.2) is 0 Å². The van der Waals surface area contributed by atoms with Crippen LogP contribution in [0, 0.1) is 6.92 Å². The van der Waals surface area contributed by atoms with Gasteiger partial charge in [0.2, 0.25) is 0 Å². The molecule has 5 heteroatoms. The third-order valence-electron chi connectivity index (χ3n) is 5.26. The number of nitrogens with zero attached hydrogens (tertiary/aromatic N) is 1. The van der Waals surface area contributed by atoms with Gasteiger partial charge in [-0.15, -0.1) is 0 Å². The largest absolute Gasteiger partial charge is 0.508 e. The molecule has 32 heavy (non-hydrogen) atoms. The first-order chi connectivity index (χ1) is 15.5. The molecule has 0 fully saturated rings. The van der Waals surface area contributed by atoms with Crippen LogP contribution in [0.2, 0.25) is 0 Å². The molecule has 0 bridgehead atoms. The van der Waals surface area contributed by atoms with E-state index in [1.165, 1.54) is 0 Å².